The molecule has 6 atom stereocenters. The first-order valence-corrected chi connectivity index (χ1v) is 27.2. The fraction of sp³-hybridized carbons (Fsp3) is 0.525. The van der Waals surface area contributed by atoms with Gasteiger partial charge in [-0.25, -0.2) is 0 Å². The van der Waals surface area contributed by atoms with Gasteiger partial charge in [0, 0.05) is 59.8 Å². The van der Waals surface area contributed by atoms with Crippen LogP contribution in [-0.4, -0.2) is 118 Å². The molecule has 2 saturated carbocycles. The van der Waals surface area contributed by atoms with Gasteiger partial charge in [-0.15, -0.1) is 0 Å². The summed E-state index contributed by atoms with van der Waals surface area (Å²) in [7, 11) is 3.49. The SMILES string of the molecule is C=C/C=C\c1c(C[C@H]2CCCN2C(=O)[C@@H](NC(=O)[C@H](C)NC)C2CCCCC2)cn(C(=O)c2ccc(C(=O)n3cc(C[C@H]4CCCN4C(=O)[C@@H](NC(=O)[C@H](C)NC)C4CCCCC4)c4ccccc43)cc2)c1C. The number of carbonyl (C=O) groups is 6. The lowest BCUT2D eigenvalue weighted by Gasteiger charge is -2.35. The molecule has 390 valence electrons. The predicted molar refractivity (Wildman–Crippen MR) is 287 cm³/mol. The highest BCUT2D eigenvalue weighted by Crippen LogP contribution is 2.34. The van der Waals surface area contributed by atoms with E-state index in [1.807, 2.05) is 72.5 Å². The fourth-order valence-corrected chi connectivity index (χ4v) is 12.1. The summed E-state index contributed by atoms with van der Waals surface area (Å²) in [5.41, 5.74) is 5.19. The summed E-state index contributed by atoms with van der Waals surface area (Å²) in [4.78, 5) is 88.2. The summed E-state index contributed by atoms with van der Waals surface area (Å²) < 4.78 is 3.34. The molecule has 2 aromatic carbocycles. The Hall–Kier alpha value is -6.12. The number of likely N-dealkylation sites (tertiary alicyclic amines) is 2. The first-order chi connectivity index (χ1) is 35.3. The molecule has 0 unspecified atom stereocenters. The standard InChI is InChI=1S/C59H78N8O6/c1-7-8-25-49-40(4)66(36-45(49)34-47-23-17-32-64(47)58(72)52(41-19-11-9-12-20-41)62-54(68)38(2)60-5)56(70)43-28-30-44(31-29-43)57(71)67-37-46(50-26-15-16-27-51(50)67)35-48-24-18-33-65(48)59(73)53(42-21-13-10-14-22-42)63-55(69)39(3)61-6/h7-8,15-16,25-31,36-39,41-42,47-48,52-53,60-61H,1,9-14,17-24,32-35H2,2-6H3,(H,62,68)(H,63,69)/b25-8-/t38-,39-,47+,48+,52-,53-/m0/s1. The second-order valence-electron chi connectivity index (χ2n) is 21.2. The van der Waals surface area contributed by atoms with E-state index in [0.717, 1.165) is 123 Å². The van der Waals surface area contributed by atoms with Gasteiger partial charge in [0.2, 0.25) is 23.6 Å². The van der Waals surface area contributed by atoms with Crippen LogP contribution in [0.25, 0.3) is 17.0 Å². The zero-order valence-electron chi connectivity index (χ0n) is 43.8. The van der Waals surface area contributed by atoms with Gasteiger partial charge in [-0.2, -0.15) is 0 Å². The zero-order chi connectivity index (χ0) is 51.8. The van der Waals surface area contributed by atoms with Crippen molar-refractivity contribution in [3.05, 3.63) is 113 Å². The average Bonchev–Trinajstić information content (AvgIpc) is 4.24. The number of hydrogen-bond donors (Lipinski definition) is 4. The van der Waals surface area contributed by atoms with Gasteiger partial charge in [0.1, 0.15) is 12.1 Å². The monoisotopic (exact) mass is 995 g/mol. The van der Waals surface area contributed by atoms with Gasteiger partial charge in [-0.05, 0) is 158 Å². The Kier molecular flexibility index (Phi) is 17.7. The van der Waals surface area contributed by atoms with E-state index < -0.39 is 24.2 Å². The van der Waals surface area contributed by atoms with Crippen molar-refractivity contribution in [2.45, 2.75) is 160 Å². The van der Waals surface area contributed by atoms with Gasteiger partial charge in [-0.3, -0.25) is 37.9 Å². The molecular formula is C59H78N8O6. The van der Waals surface area contributed by atoms with Crippen molar-refractivity contribution >= 4 is 52.4 Å². The molecule has 0 spiro atoms. The second kappa shape index (κ2) is 24.3. The van der Waals surface area contributed by atoms with Crippen molar-refractivity contribution < 1.29 is 28.8 Å². The van der Waals surface area contributed by atoms with Crippen LogP contribution in [0.15, 0.2) is 79.7 Å². The quantitative estimate of drug-likeness (QED) is 0.0736. The van der Waals surface area contributed by atoms with Crippen LogP contribution in [0.1, 0.15) is 147 Å². The fourth-order valence-electron chi connectivity index (χ4n) is 12.1. The van der Waals surface area contributed by atoms with Crippen LogP contribution in [0.2, 0.25) is 0 Å². The first kappa shape index (κ1) is 53.2. The molecule has 4 heterocycles. The maximum atomic E-state index is 14.5. The number of rotatable bonds is 18. The summed E-state index contributed by atoms with van der Waals surface area (Å²) >= 11 is 0. The average molecular weight is 995 g/mol. The molecular weight excluding hydrogens is 917 g/mol. The summed E-state index contributed by atoms with van der Waals surface area (Å²) in [6.45, 7) is 10.7. The summed E-state index contributed by atoms with van der Waals surface area (Å²) in [5.74, 6) is -0.636. The lowest BCUT2D eigenvalue weighted by Crippen LogP contribution is -2.56. The third-order valence-electron chi connectivity index (χ3n) is 16.6. The maximum Gasteiger partial charge on any atom is 0.262 e. The number of nitrogens with zero attached hydrogens (tertiary/aromatic N) is 4. The normalized spacial score (nSPS) is 20.5. The summed E-state index contributed by atoms with van der Waals surface area (Å²) in [6, 6.07) is 12.5. The Bertz CT molecular complexity index is 2670. The van der Waals surface area contributed by atoms with Crippen molar-refractivity contribution in [3.63, 3.8) is 0 Å². The van der Waals surface area contributed by atoms with E-state index in [-0.39, 0.29) is 59.4 Å². The number of para-hydroxylation sites is 1. The van der Waals surface area contributed by atoms with Gasteiger partial charge < -0.3 is 31.1 Å². The maximum absolute atomic E-state index is 14.5. The van der Waals surface area contributed by atoms with Crippen molar-refractivity contribution in [1.29, 1.82) is 0 Å². The molecule has 2 aliphatic carbocycles. The molecule has 8 rings (SSSR count). The Morgan fingerprint density at radius 1 is 0.616 bits per heavy atom. The van der Waals surface area contributed by atoms with Crippen molar-refractivity contribution in [2.24, 2.45) is 11.8 Å². The molecule has 4 aromatic rings. The molecule has 2 aliphatic heterocycles. The Morgan fingerprint density at radius 3 is 1.58 bits per heavy atom. The topological polar surface area (TPSA) is 167 Å². The number of likely N-dealkylation sites (N-methyl/N-ethyl adjacent to an activating group) is 2. The van der Waals surface area contributed by atoms with E-state index in [1.54, 1.807) is 60.5 Å². The molecule has 73 heavy (non-hydrogen) atoms. The van der Waals surface area contributed by atoms with E-state index in [1.165, 1.54) is 0 Å². The number of nitrogens with one attached hydrogen (secondary N) is 4. The van der Waals surface area contributed by atoms with Crippen LogP contribution in [-0.2, 0) is 32.0 Å². The molecule has 2 aromatic heterocycles. The molecule has 4 fully saturated rings. The summed E-state index contributed by atoms with van der Waals surface area (Å²) in [5, 5.41) is 13.3. The molecule has 0 radical (unpaired) electrons. The number of benzene rings is 2. The van der Waals surface area contributed by atoms with Gasteiger partial charge >= 0.3 is 0 Å². The second-order valence-corrected chi connectivity index (χ2v) is 21.2. The molecule has 4 N–H and O–H groups in total. The molecule has 14 nitrogen and oxygen atoms in total. The Labute approximate surface area is 431 Å². The van der Waals surface area contributed by atoms with Crippen molar-refractivity contribution in [3.8, 4) is 0 Å². The van der Waals surface area contributed by atoms with Gasteiger partial charge in [-0.1, -0.05) is 81.5 Å². The van der Waals surface area contributed by atoms with Gasteiger partial charge in [0.25, 0.3) is 11.8 Å². The Balaban J connectivity index is 0.991. The van der Waals surface area contributed by atoms with Gasteiger partial charge in [0.05, 0.1) is 17.6 Å². The lowest BCUT2D eigenvalue weighted by molar-refractivity contribution is -0.139. The van der Waals surface area contributed by atoms with E-state index in [0.29, 0.717) is 37.1 Å². The van der Waals surface area contributed by atoms with E-state index in [9.17, 15) is 28.8 Å². The van der Waals surface area contributed by atoms with Crippen LogP contribution in [0, 0.1) is 18.8 Å². The van der Waals surface area contributed by atoms with Crippen LogP contribution < -0.4 is 21.3 Å². The molecule has 4 aliphatic rings. The highest BCUT2D eigenvalue weighted by Gasteiger charge is 2.41. The van der Waals surface area contributed by atoms with E-state index in [4.69, 9.17) is 0 Å². The van der Waals surface area contributed by atoms with Gasteiger partial charge in [0.15, 0.2) is 0 Å². The molecule has 2 saturated heterocycles. The first-order valence-electron chi connectivity index (χ1n) is 27.2. The minimum Gasteiger partial charge on any atom is -0.343 e. The number of aromatic nitrogens is 2. The zero-order valence-corrected chi connectivity index (χ0v) is 43.8. The minimum absolute atomic E-state index is 0.00934. The molecule has 0 bridgehead atoms. The highest BCUT2D eigenvalue weighted by atomic mass is 16.2. The van der Waals surface area contributed by atoms with Crippen molar-refractivity contribution in [1.82, 2.24) is 40.2 Å². The van der Waals surface area contributed by atoms with Crippen molar-refractivity contribution in [2.75, 3.05) is 27.2 Å². The third kappa shape index (κ3) is 11.8. The number of allylic oxidation sites excluding steroid dienone is 2. The van der Waals surface area contributed by atoms with Crippen LogP contribution >= 0.6 is 0 Å². The number of hydrogen-bond acceptors (Lipinski definition) is 8. The number of fused-ring (bicyclic) bond motifs is 1. The highest BCUT2D eigenvalue weighted by molar-refractivity contribution is 6.04. The minimum atomic E-state index is -0.579. The molecule has 4 amide bonds. The largest absolute Gasteiger partial charge is 0.343 e. The predicted octanol–water partition coefficient (Wildman–Crippen LogP) is 7.74. The number of amides is 4. The van der Waals surface area contributed by atoms with Crippen LogP contribution in [0.4, 0.5) is 0 Å². The smallest absolute Gasteiger partial charge is 0.262 e. The summed E-state index contributed by atoms with van der Waals surface area (Å²) in [6.07, 6.45) is 24.0. The Morgan fingerprint density at radius 2 is 1.08 bits per heavy atom. The van der Waals surface area contributed by atoms with E-state index >= 15 is 0 Å². The number of carbonyl (C=O) groups excluding carboxylic acids is 6. The van der Waals surface area contributed by atoms with E-state index in [2.05, 4.69) is 27.8 Å². The van der Waals surface area contributed by atoms with Crippen LogP contribution in [0.3, 0.4) is 0 Å². The van der Waals surface area contributed by atoms with Crippen LogP contribution in [0.5, 0.6) is 0 Å². The lowest BCUT2D eigenvalue weighted by atomic mass is 9.83. The third-order valence-corrected chi connectivity index (χ3v) is 16.6. The molecule has 14 heteroatoms.